The summed E-state index contributed by atoms with van der Waals surface area (Å²) in [6.07, 6.45) is 5.92. The van der Waals surface area contributed by atoms with Crippen molar-refractivity contribution in [3.8, 4) is 0 Å². The fourth-order valence-corrected chi connectivity index (χ4v) is 1.43. The summed E-state index contributed by atoms with van der Waals surface area (Å²) in [5.41, 5.74) is -2.79. The van der Waals surface area contributed by atoms with Gasteiger partial charge in [-0.05, 0) is 13.8 Å². The highest BCUT2D eigenvalue weighted by Crippen LogP contribution is 2.44. The Balaban J connectivity index is 3.30. The van der Waals surface area contributed by atoms with Crippen LogP contribution >= 0.6 is 0 Å². The molecule has 0 radical (unpaired) electrons. The molecule has 0 saturated carbocycles. The van der Waals surface area contributed by atoms with Gasteiger partial charge in [-0.25, -0.2) is 0 Å². The Morgan fingerprint density at radius 3 is 1.43 bits per heavy atom. The molecule has 1 aliphatic carbocycles. The first-order chi connectivity index (χ1) is 6.34. The van der Waals surface area contributed by atoms with E-state index in [1.54, 1.807) is 12.2 Å². The minimum Gasteiger partial charge on any atom is -0.481 e. The SMILES string of the molecule is C[C@@]1(C(=O)O)C=CC=C[C@]1(C)C(=O)O. The van der Waals surface area contributed by atoms with Crippen molar-refractivity contribution in [3.05, 3.63) is 24.3 Å². The predicted octanol–water partition coefficient (Wildman–Crippen LogP) is 1.29. The van der Waals surface area contributed by atoms with Gasteiger partial charge in [0.1, 0.15) is 10.8 Å². The van der Waals surface area contributed by atoms with Crippen LogP contribution < -0.4 is 0 Å². The molecule has 4 heteroatoms. The number of aliphatic carboxylic acids is 2. The molecule has 0 spiro atoms. The summed E-state index contributed by atoms with van der Waals surface area (Å²) in [5, 5.41) is 18.1. The third kappa shape index (κ3) is 1.14. The van der Waals surface area contributed by atoms with Crippen molar-refractivity contribution in [2.75, 3.05) is 0 Å². The molecule has 4 nitrogen and oxygen atoms in total. The number of rotatable bonds is 2. The molecule has 0 unspecified atom stereocenters. The molecule has 14 heavy (non-hydrogen) atoms. The van der Waals surface area contributed by atoms with Gasteiger partial charge in [-0.1, -0.05) is 24.3 Å². The average molecular weight is 196 g/mol. The second-order valence-electron chi connectivity index (χ2n) is 3.73. The van der Waals surface area contributed by atoms with Gasteiger partial charge >= 0.3 is 11.9 Å². The first-order valence-corrected chi connectivity index (χ1v) is 4.18. The van der Waals surface area contributed by atoms with E-state index in [4.69, 9.17) is 10.2 Å². The molecule has 0 fully saturated rings. The van der Waals surface area contributed by atoms with Crippen LogP contribution in [0.25, 0.3) is 0 Å². The van der Waals surface area contributed by atoms with Crippen molar-refractivity contribution in [2.24, 2.45) is 10.8 Å². The van der Waals surface area contributed by atoms with Gasteiger partial charge in [0, 0.05) is 0 Å². The molecule has 0 aliphatic heterocycles. The highest BCUT2D eigenvalue weighted by molar-refractivity contribution is 5.90. The van der Waals surface area contributed by atoms with Crippen LogP contribution in [0.5, 0.6) is 0 Å². The van der Waals surface area contributed by atoms with E-state index in [9.17, 15) is 9.59 Å². The van der Waals surface area contributed by atoms with Crippen LogP contribution in [-0.4, -0.2) is 22.2 Å². The minimum atomic E-state index is -1.40. The number of allylic oxidation sites excluding steroid dienone is 2. The van der Waals surface area contributed by atoms with Crippen LogP contribution in [0.2, 0.25) is 0 Å². The van der Waals surface area contributed by atoms with E-state index < -0.39 is 22.8 Å². The third-order valence-electron chi connectivity index (χ3n) is 2.94. The van der Waals surface area contributed by atoms with Crippen LogP contribution in [0.15, 0.2) is 24.3 Å². The van der Waals surface area contributed by atoms with Crippen LogP contribution in [0.4, 0.5) is 0 Å². The average Bonchev–Trinajstić information content (AvgIpc) is 2.09. The number of hydrogen-bond donors (Lipinski definition) is 2. The van der Waals surface area contributed by atoms with Crippen LogP contribution in [-0.2, 0) is 9.59 Å². The Hall–Kier alpha value is -1.58. The topological polar surface area (TPSA) is 74.6 Å². The maximum Gasteiger partial charge on any atom is 0.314 e. The summed E-state index contributed by atoms with van der Waals surface area (Å²) < 4.78 is 0. The molecule has 0 bridgehead atoms. The highest BCUT2D eigenvalue weighted by Gasteiger charge is 2.53. The first-order valence-electron chi connectivity index (χ1n) is 4.18. The molecule has 1 aliphatic rings. The quantitative estimate of drug-likeness (QED) is 0.697. The van der Waals surface area contributed by atoms with E-state index >= 15 is 0 Å². The molecule has 2 atom stereocenters. The van der Waals surface area contributed by atoms with Gasteiger partial charge in [-0.2, -0.15) is 0 Å². The van der Waals surface area contributed by atoms with Gasteiger partial charge < -0.3 is 10.2 Å². The zero-order valence-electron chi connectivity index (χ0n) is 8.02. The zero-order valence-corrected chi connectivity index (χ0v) is 8.02. The largest absolute Gasteiger partial charge is 0.481 e. The predicted molar refractivity (Wildman–Crippen MR) is 49.8 cm³/mol. The Bertz CT molecular complexity index is 308. The van der Waals surface area contributed by atoms with Gasteiger partial charge in [-0.3, -0.25) is 9.59 Å². The van der Waals surface area contributed by atoms with Crippen molar-refractivity contribution in [1.82, 2.24) is 0 Å². The van der Waals surface area contributed by atoms with Crippen molar-refractivity contribution in [3.63, 3.8) is 0 Å². The van der Waals surface area contributed by atoms with Crippen molar-refractivity contribution >= 4 is 11.9 Å². The van der Waals surface area contributed by atoms with E-state index in [0.29, 0.717) is 0 Å². The summed E-state index contributed by atoms with van der Waals surface area (Å²) in [4.78, 5) is 22.1. The summed E-state index contributed by atoms with van der Waals surface area (Å²) in [5.74, 6) is -2.27. The molecule has 1 rings (SSSR count). The second-order valence-corrected chi connectivity index (χ2v) is 3.73. The summed E-state index contributed by atoms with van der Waals surface area (Å²) >= 11 is 0. The highest BCUT2D eigenvalue weighted by atomic mass is 16.4. The summed E-state index contributed by atoms with van der Waals surface area (Å²) in [6.45, 7) is 2.81. The standard InChI is InChI=1S/C10H12O4/c1-9(7(11)12)5-3-4-6-10(9,2)8(13)14/h3-6H,1-2H3,(H,11,12)(H,13,14)/t9-,10+. The Labute approximate surface area is 81.6 Å². The van der Waals surface area contributed by atoms with Gasteiger partial charge in [0.2, 0.25) is 0 Å². The number of carboxylic acids is 2. The Kier molecular flexibility index (Phi) is 2.23. The minimum absolute atomic E-state index is 1.14. The van der Waals surface area contributed by atoms with Crippen LogP contribution in [0.1, 0.15) is 13.8 Å². The zero-order chi connectivity index (χ0) is 11.0. The molecule has 0 aromatic rings. The fourth-order valence-electron chi connectivity index (χ4n) is 1.43. The Morgan fingerprint density at radius 1 is 0.929 bits per heavy atom. The molecule has 0 aromatic heterocycles. The monoisotopic (exact) mass is 196 g/mol. The van der Waals surface area contributed by atoms with Crippen LogP contribution in [0, 0.1) is 10.8 Å². The molecule has 0 aromatic carbocycles. The van der Waals surface area contributed by atoms with E-state index in [-0.39, 0.29) is 0 Å². The van der Waals surface area contributed by atoms with Crippen molar-refractivity contribution in [1.29, 1.82) is 0 Å². The molecule has 0 heterocycles. The van der Waals surface area contributed by atoms with Gasteiger partial charge in [0.15, 0.2) is 0 Å². The number of hydrogen-bond acceptors (Lipinski definition) is 2. The lowest BCUT2D eigenvalue weighted by Gasteiger charge is -2.37. The first kappa shape index (κ1) is 10.5. The maximum atomic E-state index is 11.0. The normalized spacial score (nSPS) is 35.6. The van der Waals surface area contributed by atoms with E-state index in [0.717, 1.165) is 0 Å². The number of carbonyl (C=O) groups is 2. The molecule has 0 saturated heterocycles. The lowest BCUT2D eigenvalue weighted by Crippen LogP contribution is -2.47. The molecular weight excluding hydrogens is 184 g/mol. The lowest BCUT2D eigenvalue weighted by atomic mass is 9.63. The Morgan fingerprint density at radius 2 is 1.21 bits per heavy atom. The summed E-state index contributed by atoms with van der Waals surface area (Å²) in [6, 6.07) is 0. The summed E-state index contributed by atoms with van der Waals surface area (Å²) in [7, 11) is 0. The van der Waals surface area contributed by atoms with E-state index in [2.05, 4.69) is 0 Å². The van der Waals surface area contributed by atoms with Gasteiger partial charge in [0.05, 0.1) is 0 Å². The molecule has 2 N–H and O–H groups in total. The molecule has 76 valence electrons. The van der Waals surface area contributed by atoms with Crippen molar-refractivity contribution < 1.29 is 19.8 Å². The van der Waals surface area contributed by atoms with Crippen LogP contribution in [0.3, 0.4) is 0 Å². The number of carboxylic acid groups (broad SMARTS) is 2. The lowest BCUT2D eigenvalue weighted by molar-refractivity contribution is -0.162. The molecule has 0 amide bonds. The molecular formula is C10H12O4. The van der Waals surface area contributed by atoms with Gasteiger partial charge in [0.25, 0.3) is 0 Å². The van der Waals surface area contributed by atoms with E-state index in [1.807, 2.05) is 0 Å². The van der Waals surface area contributed by atoms with Crippen molar-refractivity contribution in [2.45, 2.75) is 13.8 Å². The van der Waals surface area contributed by atoms with E-state index in [1.165, 1.54) is 26.0 Å². The maximum absolute atomic E-state index is 11.0. The third-order valence-corrected chi connectivity index (χ3v) is 2.94. The van der Waals surface area contributed by atoms with Gasteiger partial charge in [-0.15, -0.1) is 0 Å². The fraction of sp³-hybridized carbons (Fsp3) is 0.400. The smallest absolute Gasteiger partial charge is 0.314 e. The second kappa shape index (κ2) is 2.97.